The van der Waals surface area contributed by atoms with Crippen LogP contribution in [0.5, 0.6) is 0 Å². The summed E-state index contributed by atoms with van der Waals surface area (Å²) in [7, 11) is 0. The van der Waals surface area contributed by atoms with E-state index in [1.54, 1.807) is 18.2 Å². The highest BCUT2D eigenvalue weighted by Gasteiger charge is 2.31. The molecule has 0 bridgehead atoms. The zero-order valence-electron chi connectivity index (χ0n) is 16.7. The van der Waals surface area contributed by atoms with Crippen LogP contribution in [0.25, 0.3) is 0 Å². The number of likely N-dealkylation sites (tertiary alicyclic amines) is 1. The summed E-state index contributed by atoms with van der Waals surface area (Å²) in [5.41, 5.74) is 7.30. The summed E-state index contributed by atoms with van der Waals surface area (Å²) >= 11 is 6.21. The topological polar surface area (TPSA) is 49.6 Å². The van der Waals surface area contributed by atoms with Gasteiger partial charge >= 0.3 is 0 Å². The van der Waals surface area contributed by atoms with Gasteiger partial charge in [-0.2, -0.15) is 0 Å². The molecule has 1 aliphatic heterocycles. The van der Waals surface area contributed by atoms with E-state index in [0.29, 0.717) is 30.2 Å². The second kappa shape index (κ2) is 8.99. The predicted octanol–water partition coefficient (Wildman–Crippen LogP) is 4.85. The number of rotatable bonds is 6. The molecule has 29 heavy (non-hydrogen) atoms. The lowest BCUT2D eigenvalue weighted by Crippen LogP contribution is -2.39. The smallest absolute Gasteiger partial charge is 0.222 e. The van der Waals surface area contributed by atoms with Gasteiger partial charge in [-0.15, -0.1) is 0 Å². The molecule has 2 aromatic carbocycles. The van der Waals surface area contributed by atoms with Crippen LogP contribution in [0.2, 0.25) is 5.02 Å². The average molecular weight is 422 g/mol. The summed E-state index contributed by atoms with van der Waals surface area (Å²) in [6.45, 7) is 5.37. The van der Waals surface area contributed by atoms with E-state index >= 15 is 0 Å². The molecule has 2 aromatic rings. The zero-order chi connectivity index (χ0) is 21.1. The third-order valence-corrected chi connectivity index (χ3v) is 5.55. The van der Waals surface area contributed by atoms with Crippen LogP contribution in [0.3, 0.4) is 0 Å². The van der Waals surface area contributed by atoms with Crippen LogP contribution in [0.15, 0.2) is 36.4 Å². The van der Waals surface area contributed by atoms with Gasteiger partial charge in [-0.1, -0.05) is 37.6 Å². The van der Waals surface area contributed by atoms with Gasteiger partial charge in [-0.05, 0) is 36.6 Å². The van der Waals surface area contributed by atoms with Gasteiger partial charge in [0, 0.05) is 43.3 Å². The van der Waals surface area contributed by atoms with Crippen molar-refractivity contribution in [1.82, 2.24) is 4.90 Å². The van der Waals surface area contributed by atoms with E-state index < -0.39 is 11.6 Å². The van der Waals surface area contributed by atoms with Crippen molar-refractivity contribution >= 4 is 28.9 Å². The molecule has 0 unspecified atom stereocenters. The van der Waals surface area contributed by atoms with Gasteiger partial charge in [-0.3, -0.25) is 4.79 Å². The minimum Gasteiger partial charge on any atom is -0.398 e. The highest BCUT2D eigenvalue weighted by molar-refractivity contribution is 6.33. The molecule has 1 amide bonds. The number of nitrogens with two attached hydrogens (primary N) is 1. The molecule has 0 aliphatic carbocycles. The molecule has 1 fully saturated rings. The van der Waals surface area contributed by atoms with E-state index in [9.17, 15) is 13.6 Å². The Labute approximate surface area is 175 Å². The number of benzene rings is 2. The molecule has 2 N–H and O–H groups in total. The van der Waals surface area contributed by atoms with Gasteiger partial charge < -0.3 is 15.5 Å². The molecule has 7 heteroatoms. The Morgan fingerprint density at radius 2 is 2.07 bits per heavy atom. The van der Waals surface area contributed by atoms with Crippen LogP contribution in [-0.2, 0) is 11.3 Å². The number of carbonyl (C=O) groups excluding carboxylic acids is 1. The molecular formula is C22H26ClF2N3O. The Morgan fingerprint density at radius 3 is 2.76 bits per heavy atom. The lowest BCUT2D eigenvalue weighted by atomic mass is 10.1. The minimum absolute atomic E-state index is 0.0338. The van der Waals surface area contributed by atoms with Crippen molar-refractivity contribution in [1.29, 1.82) is 0 Å². The average Bonchev–Trinajstić information content (AvgIpc) is 3.15. The Hall–Kier alpha value is -2.34. The number of nitrogens with zero attached hydrogens (tertiary/aromatic N) is 2. The van der Waals surface area contributed by atoms with Crippen LogP contribution in [0.1, 0.15) is 32.3 Å². The summed E-state index contributed by atoms with van der Waals surface area (Å²) in [5.74, 6) is -1.33. The van der Waals surface area contributed by atoms with E-state index in [-0.39, 0.29) is 30.0 Å². The molecule has 1 saturated heterocycles. The van der Waals surface area contributed by atoms with Crippen molar-refractivity contribution in [2.24, 2.45) is 5.92 Å². The summed E-state index contributed by atoms with van der Waals surface area (Å²) in [5, 5.41) is 0.401. The zero-order valence-corrected chi connectivity index (χ0v) is 17.4. The molecular weight excluding hydrogens is 396 g/mol. The first-order valence-corrected chi connectivity index (χ1v) is 10.2. The van der Waals surface area contributed by atoms with Gasteiger partial charge in [0.15, 0.2) is 11.6 Å². The largest absolute Gasteiger partial charge is 0.398 e. The van der Waals surface area contributed by atoms with E-state index in [0.717, 1.165) is 18.2 Å². The Kier molecular flexibility index (Phi) is 6.63. The molecule has 0 aromatic heterocycles. The number of carbonyl (C=O) groups is 1. The lowest BCUT2D eigenvalue weighted by molar-refractivity contribution is -0.130. The number of anilines is 2. The summed E-state index contributed by atoms with van der Waals surface area (Å²) in [4.78, 5) is 16.3. The maximum absolute atomic E-state index is 14.3. The van der Waals surface area contributed by atoms with Gasteiger partial charge in [0.05, 0.1) is 10.7 Å². The van der Waals surface area contributed by atoms with E-state index in [4.69, 9.17) is 17.3 Å². The molecule has 4 nitrogen and oxygen atoms in total. The first kappa shape index (κ1) is 21.4. The quantitative estimate of drug-likeness (QED) is 0.678. The molecule has 1 atom stereocenters. The van der Waals surface area contributed by atoms with Crippen molar-refractivity contribution in [3.63, 3.8) is 0 Å². The normalized spacial score (nSPS) is 16.5. The van der Waals surface area contributed by atoms with Crippen LogP contribution >= 0.6 is 11.6 Å². The van der Waals surface area contributed by atoms with Crippen molar-refractivity contribution in [3.8, 4) is 0 Å². The molecule has 0 saturated carbocycles. The number of hydrogen-bond acceptors (Lipinski definition) is 3. The van der Waals surface area contributed by atoms with Crippen molar-refractivity contribution in [2.45, 2.75) is 39.3 Å². The predicted molar refractivity (Wildman–Crippen MR) is 113 cm³/mol. The minimum atomic E-state index is -0.877. The van der Waals surface area contributed by atoms with Crippen molar-refractivity contribution in [2.75, 3.05) is 23.7 Å². The van der Waals surface area contributed by atoms with Gasteiger partial charge in [0.1, 0.15) is 0 Å². The van der Waals surface area contributed by atoms with Crippen molar-refractivity contribution < 1.29 is 13.6 Å². The van der Waals surface area contributed by atoms with Crippen LogP contribution in [0, 0.1) is 17.6 Å². The number of halogens is 3. The van der Waals surface area contributed by atoms with Gasteiger partial charge in [0.25, 0.3) is 0 Å². The third kappa shape index (κ3) is 4.99. The van der Waals surface area contributed by atoms with Gasteiger partial charge in [0.2, 0.25) is 5.91 Å². The monoisotopic (exact) mass is 421 g/mol. The van der Waals surface area contributed by atoms with E-state index in [2.05, 4.69) is 0 Å². The third-order valence-electron chi connectivity index (χ3n) is 5.23. The van der Waals surface area contributed by atoms with Crippen molar-refractivity contribution in [3.05, 3.63) is 58.6 Å². The standard InChI is InChI=1S/C22H26ClF2N3O/c1-14(2)10-21(29)27-9-8-17(13-27)28(16-6-7-20(26)18(23)11-16)12-15-4-3-5-19(24)22(15)25/h3-7,11,14,17H,8-10,12-13,26H2,1-2H3/t17-/m0/s1. The Morgan fingerprint density at radius 1 is 1.31 bits per heavy atom. The summed E-state index contributed by atoms with van der Waals surface area (Å²) in [6.07, 6.45) is 1.24. The van der Waals surface area contributed by atoms with Crippen LogP contribution < -0.4 is 10.6 Å². The number of amides is 1. The van der Waals surface area contributed by atoms with Crippen LogP contribution in [-0.4, -0.2) is 29.9 Å². The first-order valence-electron chi connectivity index (χ1n) is 9.78. The number of nitrogen functional groups attached to an aromatic ring is 1. The summed E-state index contributed by atoms with van der Waals surface area (Å²) in [6, 6.07) is 9.38. The maximum Gasteiger partial charge on any atom is 0.222 e. The second-order valence-corrected chi connectivity index (χ2v) is 8.33. The highest BCUT2D eigenvalue weighted by Crippen LogP contribution is 2.31. The fourth-order valence-corrected chi connectivity index (χ4v) is 3.86. The summed E-state index contributed by atoms with van der Waals surface area (Å²) < 4.78 is 28.1. The van der Waals surface area contributed by atoms with E-state index in [1.165, 1.54) is 6.07 Å². The maximum atomic E-state index is 14.3. The highest BCUT2D eigenvalue weighted by atomic mass is 35.5. The fourth-order valence-electron chi connectivity index (χ4n) is 3.68. The molecule has 3 rings (SSSR count). The van der Waals surface area contributed by atoms with Gasteiger partial charge in [-0.25, -0.2) is 8.78 Å². The molecule has 0 radical (unpaired) electrons. The SMILES string of the molecule is CC(C)CC(=O)N1CC[C@H](N(Cc2cccc(F)c2F)c2ccc(N)c(Cl)c2)C1. The molecule has 1 heterocycles. The lowest BCUT2D eigenvalue weighted by Gasteiger charge is -2.32. The molecule has 1 aliphatic rings. The van der Waals surface area contributed by atoms with Crippen LogP contribution in [0.4, 0.5) is 20.2 Å². The first-order chi connectivity index (χ1) is 13.8. The second-order valence-electron chi connectivity index (χ2n) is 7.93. The fraction of sp³-hybridized carbons (Fsp3) is 0.409. The molecule has 156 valence electrons. The Balaban J connectivity index is 1.88. The number of hydrogen-bond donors (Lipinski definition) is 1. The Bertz CT molecular complexity index is 890. The van der Waals surface area contributed by atoms with E-state index in [1.807, 2.05) is 29.7 Å². The molecule has 0 spiro atoms.